The first-order chi connectivity index (χ1) is 12.2. The van der Waals surface area contributed by atoms with Gasteiger partial charge in [-0.15, -0.1) is 0 Å². The number of carbonyl (C=O) groups excluding carboxylic acids is 1. The number of likely N-dealkylation sites (N-methyl/N-ethyl adjacent to an activating group) is 1. The molecule has 132 valence electrons. The average molecular weight is 339 g/mol. The summed E-state index contributed by atoms with van der Waals surface area (Å²) in [5.74, 6) is 0.641. The molecule has 1 saturated heterocycles. The smallest absolute Gasteiger partial charge is 0.274 e. The summed E-state index contributed by atoms with van der Waals surface area (Å²) >= 11 is 0. The maximum Gasteiger partial charge on any atom is 0.274 e. The van der Waals surface area contributed by atoms with E-state index in [-0.39, 0.29) is 5.91 Å². The largest absolute Gasteiger partial charge is 0.365 e. The maximum absolute atomic E-state index is 12.5. The molecule has 0 aliphatic carbocycles. The number of rotatable bonds is 5. The Hall–Kier alpha value is -2.47. The first-order valence-corrected chi connectivity index (χ1v) is 8.79. The standard InChI is InChI=1S/C19H25N5O/c1-3-23-7-9-24(10-8-23)19(25)17-13-22-18(14-20-17)21-12-16-6-4-5-15(2)11-16/h4-6,11,13-14H,3,7-10,12H2,1-2H3,(H,21,22). The van der Waals surface area contributed by atoms with Gasteiger partial charge in [0.1, 0.15) is 11.5 Å². The molecule has 0 unspecified atom stereocenters. The third-order valence-electron chi connectivity index (χ3n) is 4.53. The van der Waals surface area contributed by atoms with Crippen LogP contribution in [0.2, 0.25) is 0 Å². The molecule has 6 nitrogen and oxygen atoms in total. The van der Waals surface area contributed by atoms with Crippen LogP contribution in [0.3, 0.4) is 0 Å². The normalized spacial score (nSPS) is 15.2. The number of carbonyl (C=O) groups is 1. The molecule has 1 N–H and O–H groups in total. The van der Waals surface area contributed by atoms with Crippen LogP contribution in [0.1, 0.15) is 28.5 Å². The summed E-state index contributed by atoms with van der Waals surface area (Å²) in [6.45, 7) is 9.28. The van der Waals surface area contributed by atoms with Crippen LogP contribution in [0, 0.1) is 6.92 Å². The fraction of sp³-hybridized carbons (Fsp3) is 0.421. The molecule has 1 amide bonds. The van der Waals surface area contributed by atoms with Crippen LogP contribution in [-0.2, 0) is 6.54 Å². The lowest BCUT2D eigenvalue weighted by molar-refractivity contribution is 0.0637. The van der Waals surface area contributed by atoms with Crippen LogP contribution in [0.4, 0.5) is 5.82 Å². The van der Waals surface area contributed by atoms with Crippen LogP contribution in [0.25, 0.3) is 0 Å². The highest BCUT2D eigenvalue weighted by Crippen LogP contribution is 2.10. The van der Waals surface area contributed by atoms with E-state index in [2.05, 4.69) is 52.2 Å². The van der Waals surface area contributed by atoms with E-state index in [9.17, 15) is 4.79 Å². The van der Waals surface area contributed by atoms with Gasteiger partial charge in [-0.3, -0.25) is 4.79 Å². The molecule has 2 aromatic rings. The number of piperazine rings is 1. The number of amides is 1. The van der Waals surface area contributed by atoms with E-state index in [1.807, 2.05) is 11.0 Å². The van der Waals surface area contributed by atoms with Gasteiger partial charge in [0, 0.05) is 32.7 Å². The molecule has 25 heavy (non-hydrogen) atoms. The molecule has 0 saturated carbocycles. The highest BCUT2D eigenvalue weighted by molar-refractivity contribution is 5.92. The lowest BCUT2D eigenvalue weighted by atomic mass is 10.1. The van der Waals surface area contributed by atoms with Gasteiger partial charge in [0.15, 0.2) is 0 Å². The van der Waals surface area contributed by atoms with Crippen molar-refractivity contribution in [3.05, 3.63) is 53.5 Å². The highest BCUT2D eigenvalue weighted by atomic mass is 16.2. The van der Waals surface area contributed by atoms with Gasteiger partial charge in [-0.25, -0.2) is 9.97 Å². The fourth-order valence-corrected chi connectivity index (χ4v) is 2.97. The topological polar surface area (TPSA) is 61.4 Å². The predicted molar refractivity (Wildman–Crippen MR) is 98.6 cm³/mol. The third kappa shape index (κ3) is 4.54. The molecule has 0 atom stereocenters. The number of hydrogen-bond acceptors (Lipinski definition) is 5. The molecule has 1 aliphatic heterocycles. The Kier molecular flexibility index (Phi) is 5.60. The van der Waals surface area contributed by atoms with Gasteiger partial charge in [0.05, 0.1) is 12.4 Å². The average Bonchev–Trinajstić information content (AvgIpc) is 2.66. The Morgan fingerprint density at radius 1 is 1.16 bits per heavy atom. The molecule has 0 spiro atoms. The van der Waals surface area contributed by atoms with Crippen LogP contribution < -0.4 is 5.32 Å². The zero-order valence-electron chi connectivity index (χ0n) is 14.9. The lowest BCUT2D eigenvalue weighted by Crippen LogP contribution is -2.48. The number of benzene rings is 1. The van der Waals surface area contributed by atoms with Gasteiger partial charge in [-0.05, 0) is 19.0 Å². The van der Waals surface area contributed by atoms with Crippen molar-refractivity contribution in [3.63, 3.8) is 0 Å². The molecule has 1 fully saturated rings. The van der Waals surface area contributed by atoms with Gasteiger partial charge in [0.25, 0.3) is 5.91 Å². The van der Waals surface area contributed by atoms with E-state index in [0.29, 0.717) is 18.1 Å². The zero-order valence-corrected chi connectivity index (χ0v) is 14.9. The quantitative estimate of drug-likeness (QED) is 0.905. The van der Waals surface area contributed by atoms with Crippen molar-refractivity contribution in [3.8, 4) is 0 Å². The summed E-state index contributed by atoms with van der Waals surface area (Å²) in [5.41, 5.74) is 2.83. The fourth-order valence-electron chi connectivity index (χ4n) is 2.97. The first kappa shape index (κ1) is 17.4. The summed E-state index contributed by atoms with van der Waals surface area (Å²) in [5, 5.41) is 3.24. The van der Waals surface area contributed by atoms with Crippen molar-refractivity contribution >= 4 is 11.7 Å². The van der Waals surface area contributed by atoms with Crippen molar-refractivity contribution in [2.75, 3.05) is 38.0 Å². The zero-order chi connectivity index (χ0) is 17.6. The van der Waals surface area contributed by atoms with E-state index in [4.69, 9.17) is 0 Å². The van der Waals surface area contributed by atoms with Crippen molar-refractivity contribution in [1.82, 2.24) is 19.8 Å². The monoisotopic (exact) mass is 339 g/mol. The number of hydrogen-bond donors (Lipinski definition) is 1. The minimum absolute atomic E-state index is 0.0338. The van der Waals surface area contributed by atoms with Crippen molar-refractivity contribution in [1.29, 1.82) is 0 Å². The Labute approximate surface area is 148 Å². The minimum Gasteiger partial charge on any atom is -0.365 e. The van der Waals surface area contributed by atoms with E-state index < -0.39 is 0 Å². The Bertz CT molecular complexity index is 708. The summed E-state index contributed by atoms with van der Waals surface area (Å²) in [6, 6.07) is 8.32. The Morgan fingerprint density at radius 2 is 1.96 bits per heavy atom. The number of nitrogens with zero attached hydrogens (tertiary/aromatic N) is 4. The van der Waals surface area contributed by atoms with Crippen molar-refractivity contribution < 1.29 is 4.79 Å². The summed E-state index contributed by atoms with van der Waals surface area (Å²) in [7, 11) is 0. The Morgan fingerprint density at radius 3 is 2.60 bits per heavy atom. The number of nitrogens with one attached hydrogen (secondary N) is 1. The van der Waals surface area contributed by atoms with Gasteiger partial charge in [0.2, 0.25) is 0 Å². The van der Waals surface area contributed by atoms with Crippen LogP contribution in [0.15, 0.2) is 36.7 Å². The molecule has 6 heteroatoms. The van der Waals surface area contributed by atoms with Crippen LogP contribution in [0.5, 0.6) is 0 Å². The SMILES string of the molecule is CCN1CCN(C(=O)c2cnc(NCc3cccc(C)c3)cn2)CC1. The summed E-state index contributed by atoms with van der Waals surface area (Å²) in [6.07, 6.45) is 3.19. The number of aromatic nitrogens is 2. The third-order valence-corrected chi connectivity index (χ3v) is 4.53. The van der Waals surface area contributed by atoms with E-state index in [0.717, 1.165) is 32.7 Å². The lowest BCUT2D eigenvalue weighted by Gasteiger charge is -2.33. The van der Waals surface area contributed by atoms with Gasteiger partial charge >= 0.3 is 0 Å². The molecular formula is C19H25N5O. The minimum atomic E-state index is -0.0338. The summed E-state index contributed by atoms with van der Waals surface area (Å²) < 4.78 is 0. The number of aryl methyl sites for hydroxylation is 1. The van der Waals surface area contributed by atoms with Gasteiger partial charge in [-0.1, -0.05) is 36.8 Å². The summed E-state index contributed by atoms with van der Waals surface area (Å²) in [4.78, 5) is 25.3. The molecular weight excluding hydrogens is 314 g/mol. The Balaban J connectivity index is 1.55. The van der Waals surface area contributed by atoms with E-state index in [1.54, 1.807) is 12.4 Å². The molecule has 3 rings (SSSR count). The second-order valence-corrected chi connectivity index (χ2v) is 6.36. The second kappa shape index (κ2) is 8.07. The van der Waals surface area contributed by atoms with Crippen molar-refractivity contribution in [2.45, 2.75) is 20.4 Å². The van der Waals surface area contributed by atoms with Gasteiger partial charge < -0.3 is 15.1 Å². The van der Waals surface area contributed by atoms with E-state index in [1.165, 1.54) is 11.1 Å². The maximum atomic E-state index is 12.5. The van der Waals surface area contributed by atoms with E-state index >= 15 is 0 Å². The molecule has 1 aromatic carbocycles. The molecule has 0 bridgehead atoms. The molecule has 1 aliphatic rings. The second-order valence-electron chi connectivity index (χ2n) is 6.36. The first-order valence-electron chi connectivity index (χ1n) is 8.79. The number of anilines is 1. The molecule has 1 aromatic heterocycles. The van der Waals surface area contributed by atoms with Crippen LogP contribution in [-0.4, -0.2) is 58.4 Å². The molecule has 0 radical (unpaired) electrons. The van der Waals surface area contributed by atoms with Crippen molar-refractivity contribution in [2.24, 2.45) is 0 Å². The highest BCUT2D eigenvalue weighted by Gasteiger charge is 2.22. The van der Waals surface area contributed by atoms with Crippen LogP contribution >= 0.6 is 0 Å². The molecule has 2 heterocycles. The van der Waals surface area contributed by atoms with Gasteiger partial charge in [-0.2, -0.15) is 0 Å². The predicted octanol–water partition coefficient (Wildman–Crippen LogP) is 2.17.